The number of nitrogens with zero attached hydrogens (tertiary/aromatic N) is 4. The number of carbonyl (C=O) groups is 1. The molecular formula is C32H35F3N6O3. The molecule has 0 spiro atoms. The molecule has 4 aromatic rings. The zero-order valence-electron chi connectivity index (χ0n) is 24.4. The number of hydrogen-bond donors (Lipinski definition) is 3. The third-order valence-corrected chi connectivity index (χ3v) is 8.51. The van der Waals surface area contributed by atoms with Crippen LogP contribution in [0.2, 0.25) is 0 Å². The summed E-state index contributed by atoms with van der Waals surface area (Å²) in [5, 5.41) is 12.7. The molecule has 2 amide bonds. The van der Waals surface area contributed by atoms with E-state index in [0.717, 1.165) is 28.2 Å². The Labute approximate surface area is 253 Å². The molecule has 1 fully saturated rings. The molecule has 44 heavy (non-hydrogen) atoms. The third-order valence-electron chi connectivity index (χ3n) is 8.51. The minimum Gasteiger partial charge on any atom is -0.457 e. The lowest BCUT2D eigenvalue weighted by atomic mass is 9.93. The summed E-state index contributed by atoms with van der Waals surface area (Å²) in [6.45, 7) is 5.76. The first-order valence-corrected chi connectivity index (χ1v) is 14.8. The molecule has 2 aliphatic rings. The van der Waals surface area contributed by atoms with E-state index in [1.54, 1.807) is 23.4 Å². The molecule has 0 aliphatic carbocycles. The van der Waals surface area contributed by atoms with Crippen molar-refractivity contribution >= 4 is 22.8 Å². The lowest BCUT2D eigenvalue weighted by Crippen LogP contribution is -2.46. The number of aromatic nitrogens is 2. The summed E-state index contributed by atoms with van der Waals surface area (Å²) in [6, 6.07) is 12.7. The summed E-state index contributed by atoms with van der Waals surface area (Å²) < 4.78 is 48.6. The normalized spacial score (nSPS) is 17.9. The number of aliphatic hydroxyl groups excluding tert-OH is 1. The summed E-state index contributed by atoms with van der Waals surface area (Å²) in [4.78, 5) is 26.5. The van der Waals surface area contributed by atoms with Crippen molar-refractivity contribution in [3.8, 4) is 11.5 Å². The number of halogens is 3. The number of urea groups is 1. The van der Waals surface area contributed by atoms with Gasteiger partial charge in [0.05, 0.1) is 23.6 Å². The highest BCUT2D eigenvalue weighted by molar-refractivity contribution is 5.90. The fourth-order valence-corrected chi connectivity index (χ4v) is 6.09. The van der Waals surface area contributed by atoms with Crippen molar-refractivity contribution < 1.29 is 27.8 Å². The van der Waals surface area contributed by atoms with Gasteiger partial charge in [-0.2, -0.15) is 13.2 Å². The first kappa shape index (κ1) is 29.9. The molecule has 0 bridgehead atoms. The molecule has 12 heteroatoms. The predicted octanol–water partition coefficient (Wildman–Crippen LogP) is 5.64. The third kappa shape index (κ3) is 6.37. The van der Waals surface area contributed by atoms with Gasteiger partial charge in [0.15, 0.2) is 0 Å². The van der Waals surface area contributed by atoms with E-state index < -0.39 is 17.8 Å². The largest absolute Gasteiger partial charge is 0.457 e. The lowest BCUT2D eigenvalue weighted by Gasteiger charge is -2.35. The highest BCUT2D eigenvalue weighted by Gasteiger charge is 2.35. The zero-order chi connectivity index (χ0) is 30.8. The summed E-state index contributed by atoms with van der Waals surface area (Å²) in [6.07, 6.45) is -0.491. The number of anilines is 1. The predicted molar refractivity (Wildman–Crippen MR) is 161 cm³/mol. The molecule has 9 nitrogen and oxygen atoms in total. The fourth-order valence-electron chi connectivity index (χ4n) is 6.09. The van der Waals surface area contributed by atoms with Gasteiger partial charge in [0.25, 0.3) is 0 Å². The van der Waals surface area contributed by atoms with E-state index in [1.807, 2.05) is 36.1 Å². The second-order valence-corrected chi connectivity index (χ2v) is 11.3. The number of nitrogens with one attached hydrogen (secondary N) is 2. The molecule has 1 saturated heterocycles. The lowest BCUT2D eigenvalue weighted by molar-refractivity contribution is -0.138. The molecule has 6 rings (SSSR count). The Morgan fingerprint density at radius 3 is 2.64 bits per heavy atom. The standard InChI is InChI=1S/C32H35F3N6O3/c1-21-27-19-25(44-29-7-10-37-30-26(29)6-9-36-30)5-3-22(27)8-11-41(21)31(43)38-24-4-2-23(28(18-24)32(33,34)35)20-40-14-12-39(13-15-40)16-17-42/h2-7,9-10,18-19,21,42H,8,11-17,20H2,1H3,(H,36,37)(H,38,43)/t21-/m0/s1. The number of pyridine rings is 1. The number of hydrogen-bond acceptors (Lipinski definition) is 6. The second kappa shape index (κ2) is 12.5. The minimum atomic E-state index is -4.57. The fraction of sp³-hybridized carbons (Fsp3) is 0.375. The molecular weight excluding hydrogens is 573 g/mol. The van der Waals surface area contributed by atoms with E-state index in [9.17, 15) is 18.0 Å². The summed E-state index contributed by atoms with van der Waals surface area (Å²) in [5.41, 5.74) is 2.26. The minimum absolute atomic E-state index is 0.0630. The van der Waals surface area contributed by atoms with Crippen molar-refractivity contribution in [3.05, 3.63) is 83.2 Å². The number of rotatable bonds is 7. The van der Waals surface area contributed by atoms with Gasteiger partial charge >= 0.3 is 12.2 Å². The Morgan fingerprint density at radius 1 is 1.07 bits per heavy atom. The van der Waals surface area contributed by atoms with Gasteiger partial charge in [0.1, 0.15) is 17.1 Å². The van der Waals surface area contributed by atoms with Crippen LogP contribution in [0.15, 0.2) is 60.9 Å². The number of ether oxygens (including phenoxy) is 1. The monoisotopic (exact) mass is 608 g/mol. The number of aliphatic hydroxyl groups is 1. The van der Waals surface area contributed by atoms with Crippen molar-refractivity contribution in [2.45, 2.75) is 32.1 Å². The Kier molecular flexibility index (Phi) is 8.48. The number of carbonyl (C=O) groups excluding carboxylic acids is 1. The van der Waals surface area contributed by atoms with Gasteiger partial charge in [-0.05, 0) is 66.4 Å². The topological polar surface area (TPSA) is 97.0 Å². The van der Waals surface area contributed by atoms with Crippen LogP contribution in [0.25, 0.3) is 11.0 Å². The molecule has 2 aliphatic heterocycles. The average molecular weight is 609 g/mol. The van der Waals surface area contributed by atoms with Gasteiger partial charge in [-0.15, -0.1) is 0 Å². The quantitative estimate of drug-likeness (QED) is 0.252. The van der Waals surface area contributed by atoms with Crippen molar-refractivity contribution in [1.29, 1.82) is 0 Å². The van der Waals surface area contributed by atoms with Crippen LogP contribution in [0.4, 0.5) is 23.7 Å². The van der Waals surface area contributed by atoms with Crippen LogP contribution in [0.3, 0.4) is 0 Å². The van der Waals surface area contributed by atoms with E-state index in [4.69, 9.17) is 9.84 Å². The Bertz CT molecular complexity index is 1630. The number of aromatic amines is 1. The molecule has 1 atom stereocenters. The van der Waals surface area contributed by atoms with Gasteiger partial charge in [0, 0.05) is 63.9 Å². The highest BCUT2D eigenvalue weighted by Crippen LogP contribution is 2.37. The smallest absolute Gasteiger partial charge is 0.416 e. The van der Waals surface area contributed by atoms with E-state index in [0.29, 0.717) is 57.2 Å². The maximum Gasteiger partial charge on any atom is 0.416 e. The van der Waals surface area contributed by atoms with Gasteiger partial charge < -0.3 is 25.0 Å². The summed E-state index contributed by atoms with van der Waals surface area (Å²) in [7, 11) is 0. The van der Waals surface area contributed by atoms with Crippen molar-refractivity contribution in [2.75, 3.05) is 51.2 Å². The van der Waals surface area contributed by atoms with E-state index in [2.05, 4.69) is 20.2 Å². The van der Waals surface area contributed by atoms with E-state index in [1.165, 1.54) is 12.1 Å². The van der Waals surface area contributed by atoms with Gasteiger partial charge in [-0.1, -0.05) is 12.1 Å². The molecule has 0 unspecified atom stereocenters. The first-order valence-electron chi connectivity index (χ1n) is 14.8. The van der Waals surface area contributed by atoms with Gasteiger partial charge in [-0.25, -0.2) is 9.78 Å². The maximum atomic E-state index is 14.1. The van der Waals surface area contributed by atoms with Crippen LogP contribution in [-0.4, -0.2) is 81.7 Å². The molecule has 0 saturated carbocycles. The average Bonchev–Trinajstić information content (AvgIpc) is 3.49. The Hall–Kier alpha value is -4.13. The Morgan fingerprint density at radius 2 is 1.86 bits per heavy atom. The van der Waals surface area contributed by atoms with Crippen LogP contribution >= 0.6 is 0 Å². The van der Waals surface area contributed by atoms with E-state index in [-0.39, 0.29) is 30.4 Å². The molecule has 3 N–H and O–H groups in total. The van der Waals surface area contributed by atoms with Gasteiger partial charge in [0.2, 0.25) is 0 Å². The number of amides is 2. The van der Waals surface area contributed by atoms with Crippen molar-refractivity contribution in [3.63, 3.8) is 0 Å². The first-order chi connectivity index (χ1) is 21.2. The van der Waals surface area contributed by atoms with Crippen LogP contribution in [0, 0.1) is 0 Å². The highest BCUT2D eigenvalue weighted by atomic mass is 19.4. The number of benzene rings is 2. The number of piperazine rings is 1. The number of alkyl halides is 3. The molecule has 4 heterocycles. The van der Waals surface area contributed by atoms with Crippen LogP contribution in [0.1, 0.15) is 35.2 Å². The van der Waals surface area contributed by atoms with E-state index >= 15 is 0 Å². The van der Waals surface area contributed by atoms with Crippen molar-refractivity contribution in [2.24, 2.45) is 0 Å². The molecule has 2 aromatic carbocycles. The van der Waals surface area contributed by atoms with Crippen molar-refractivity contribution in [1.82, 2.24) is 24.7 Å². The molecule has 232 valence electrons. The van der Waals surface area contributed by atoms with Crippen LogP contribution < -0.4 is 10.1 Å². The molecule has 2 aromatic heterocycles. The van der Waals surface area contributed by atoms with Crippen LogP contribution in [0.5, 0.6) is 11.5 Å². The summed E-state index contributed by atoms with van der Waals surface area (Å²) >= 11 is 0. The SMILES string of the molecule is C[C@H]1c2cc(Oc3ccnc4[nH]ccc34)ccc2CCN1C(=O)Nc1ccc(CN2CCN(CCO)CC2)c(C(F)(F)F)c1. The number of fused-ring (bicyclic) bond motifs is 2. The Balaban J connectivity index is 1.15. The number of β-amino-alcohol motifs (C(OH)–C–C–N with tert-alkyl or cyclic N) is 1. The number of H-pyrrole nitrogens is 1. The maximum absolute atomic E-state index is 14.1. The molecule has 0 radical (unpaired) electrons. The summed E-state index contributed by atoms with van der Waals surface area (Å²) in [5.74, 6) is 1.27. The van der Waals surface area contributed by atoms with Gasteiger partial charge in [-0.3, -0.25) is 9.80 Å². The zero-order valence-corrected chi connectivity index (χ0v) is 24.4. The second-order valence-electron chi connectivity index (χ2n) is 11.3. The van der Waals surface area contributed by atoms with Crippen LogP contribution in [-0.2, 0) is 19.1 Å².